The summed E-state index contributed by atoms with van der Waals surface area (Å²) in [5, 5.41) is 6.00. The van der Waals surface area contributed by atoms with Crippen molar-refractivity contribution in [1.29, 1.82) is 0 Å². The molecule has 0 saturated carbocycles. The second-order valence-corrected chi connectivity index (χ2v) is 4.63. The second kappa shape index (κ2) is 8.49. The van der Waals surface area contributed by atoms with Crippen molar-refractivity contribution >= 4 is 29.3 Å². The van der Waals surface area contributed by atoms with E-state index in [-0.39, 0.29) is 30.5 Å². The molecule has 116 valence electrons. The van der Waals surface area contributed by atoms with E-state index in [4.69, 9.17) is 0 Å². The van der Waals surface area contributed by atoms with Crippen LogP contribution in [0.5, 0.6) is 0 Å². The van der Waals surface area contributed by atoms with Gasteiger partial charge in [-0.2, -0.15) is 0 Å². The van der Waals surface area contributed by atoms with Gasteiger partial charge in [-0.3, -0.25) is 9.36 Å². The minimum Gasteiger partial charge on any atom is -0.353 e. The van der Waals surface area contributed by atoms with E-state index in [2.05, 4.69) is 22.5 Å². The molecule has 7 heteroatoms. The Morgan fingerprint density at radius 2 is 2.00 bits per heavy atom. The van der Waals surface area contributed by atoms with Crippen LogP contribution in [0.25, 0.3) is 11.0 Å². The molecule has 1 aromatic heterocycles. The quantitative estimate of drug-likeness (QED) is 0.664. The Hall–Kier alpha value is -1.79. The number of aromatic nitrogens is 2. The molecule has 1 heterocycles. The van der Waals surface area contributed by atoms with Crippen LogP contribution in [0.3, 0.4) is 0 Å². The standard InChI is InChI=1S/C14H20N4O2.ClH/c1-2-7-15-8-9-16-13(19)10-18-12-6-4-3-5-11(12)17-14(18)20;/h3-6,15H,2,7-10H2,1H3,(H,16,19)(H,17,20);1H. The lowest BCUT2D eigenvalue weighted by molar-refractivity contribution is -0.121. The maximum absolute atomic E-state index is 11.8. The average molecular weight is 313 g/mol. The number of nitrogens with zero attached hydrogens (tertiary/aromatic N) is 1. The molecule has 2 aromatic rings. The van der Waals surface area contributed by atoms with Gasteiger partial charge < -0.3 is 15.6 Å². The van der Waals surface area contributed by atoms with Crippen LogP contribution >= 0.6 is 12.4 Å². The van der Waals surface area contributed by atoms with E-state index >= 15 is 0 Å². The minimum absolute atomic E-state index is 0. The summed E-state index contributed by atoms with van der Waals surface area (Å²) in [5.74, 6) is -0.157. The number of H-pyrrole nitrogens is 1. The van der Waals surface area contributed by atoms with Crippen molar-refractivity contribution < 1.29 is 4.79 Å². The van der Waals surface area contributed by atoms with Crippen molar-refractivity contribution in [3.8, 4) is 0 Å². The summed E-state index contributed by atoms with van der Waals surface area (Å²) >= 11 is 0. The van der Waals surface area contributed by atoms with Crippen molar-refractivity contribution in [1.82, 2.24) is 20.2 Å². The highest BCUT2D eigenvalue weighted by atomic mass is 35.5. The zero-order valence-electron chi connectivity index (χ0n) is 12.0. The number of imidazole rings is 1. The van der Waals surface area contributed by atoms with E-state index in [0.29, 0.717) is 6.54 Å². The number of rotatable bonds is 7. The first-order valence-corrected chi connectivity index (χ1v) is 6.87. The molecule has 0 saturated heterocycles. The number of benzene rings is 1. The van der Waals surface area contributed by atoms with Gasteiger partial charge in [-0.15, -0.1) is 12.4 Å². The lowest BCUT2D eigenvalue weighted by Gasteiger charge is -2.07. The zero-order valence-corrected chi connectivity index (χ0v) is 12.8. The van der Waals surface area contributed by atoms with Gasteiger partial charge >= 0.3 is 5.69 Å². The van der Waals surface area contributed by atoms with Crippen molar-refractivity contribution in [3.05, 3.63) is 34.7 Å². The van der Waals surface area contributed by atoms with Gasteiger partial charge in [0.25, 0.3) is 0 Å². The van der Waals surface area contributed by atoms with E-state index in [1.54, 1.807) is 0 Å². The third-order valence-electron chi connectivity index (χ3n) is 3.03. The molecule has 0 bridgehead atoms. The van der Waals surface area contributed by atoms with Crippen LogP contribution in [0.15, 0.2) is 29.1 Å². The van der Waals surface area contributed by atoms with Crippen LogP contribution in [0.4, 0.5) is 0 Å². The van der Waals surface area contributed by atoms with Gasteiger partial charge in [0.15, 0.2) is 0 Å². The molecule has 2 rings (SSSR count). The van der Waals surface area contributed by atoms with E-state index in [9.17, 15) is 9.59 Å². The van der Waals surface area contributed by atoms with Crippen LogP contribution in [-0.2, 0) is 11.3 Å². The van der Waals surface area contributed by atoms with Gasteiger partial charge in [-0.25, -0.2) is 4.79 Å². The van der Waals surface area contributed by atoms with Gasteiger partial charge in [0.1, 0.15) is 6.54 Å². The number of carbonyl (C=O) groups is 1. The molecular formula is C14H21ClN4O2. The Morgan fingerprint density at radius 3 is 2.76 bits per heavy atom. The monoisotopic (exact) mass is 312 g/mol. The summed E-state index contributed by atoms with van der Waals surface area (Å²) in [6.45, 7) is 4.38. The number of carbonyl (C=O) groups excluding carboxylic acids is 1. The molecular weight excluding hydrogens is 292 g/mol. The topological polar surface area (TPSA) is 78.9 Å². The average Bonchev–Trinajstić information content (AvgIpc) is 2.75. The van der Waals surface area contributed by atoms with E-state index < -0.39 is 0 Å². The fourth-order valence-electron chi connectivity index (χ4n) is 2.06. The molecule has 1 amide bonds. The molecule has 0 aliphatic heterocycles. The minimum atomic E-state index is -0.259. The fraction of sp³-hybridized carbons (Fsp3) is 0.429. The summed E-state index contributed by atoms with van der Waals surface area (Å²) in [6.07, 6.45) is 1.07. The number of aromatic amines is 1. The number of nitrogens with one attached hydrogen (secondary N) is 3. The zero-order chi connectivity index (χ0) is 14.4. The smallest absolute Gasteiger partial charge is 0.326 e. The molecule has 0 fully saturated rings. The Bertz CT molecular complexity index is 635. The highest BCUT2D eigenvalue weighted by Crippen LogP contribution is 2.08. The number of fused-ring (bicyclic) bond motifs is 1. The normalized spacial score (nSPS) is 10.3. The van der Waals surface area contributed by atoms with Crippen LogP contribution in [0.1, 0.15) is 13.3 Å². The number of amides is 1. The molecule has 0 aliphatic rings. The number of hydrogen-bond donors (Lipinski definition) is 3. The van der Waals surface area contributed by atoms with Crippen LogP contribution in [-0.4, -0.2) is 35.1 Å². The summed E-state index contributed by atoms with van der Waals surface area (Å²) in [7, 11) is 0. The van der Waals surface area contributed by atoms with E-state index in [1.165, 1.54) is 4.57 Å². The SMILES string of the molecule is CCCNCCNC(=O)Cn1c(=O)[nH]c2ccccc21.Cl. The highest BCUT2D eigenvalue weighted by Gasteiger charge is 2.09. The largest absolute Gasteiger partial charge is 0.353 e. The van der Waals surface area contributed by atoms with Gasteiger partial charge in [0.2, 0.25) is 5.91 Å². The molecule has 6 nitrogen and oxygen atoms in total. The Balaban J connectivity index is 0.00000220. The summed E-state index contributed by atoms with van der Waals surface area (Å²) in [5.41, 5.74) is 1.23. The third kappa shape index (κ3) is 4.61. The first-order chi connectivity index (χ1) is 9.72. The van der Waals surface area contributed by atoms with Gasteiger partial charge in [-0.1, -0.05) is 19.1 Å². The maximum Gasteiger partial charge on any atom is 0.326 e. The second-order valence-electron chi connectivity index (χ2n) is 4.63. The first-order valence-electron chi connectivity index (χ1n) is 6.87. The molecule has 0 spiro atoms. The lowest BCUT2D eigenvalue weighted by Crippen LogP contribution is -2.35. The molecule has 0 radical (unpaired) electrons. The number of hydrogen-bond acceptors (Lipinski definition) is 3. The number of para-hydroxylation sites is 2. The van der Waals surface area contributed by atoms with Gasteiger partial charge in [0, 0.05) is 13.1 Å². The first kappa shape index (κ1) is 17.3. The van der Waals surface area contributed by atoms with Crippen LogP contribution in [0.2, 0.25) is 0 Å². The lowest BCUT2D eigenvalue weighted by atomic mass is 10.3. The summed E-state index contributed by atoms with van der Waals surface area (Å²) in [6, 6.07) is 7.34. The predicted octanol–water partition coefficient (Wildman–Crippen LogP) is 0.867. The van der Waals surface area contributed by atoms with Gasteiger partial charge in [-0.05, 0) is 25.1 Å². The fourth-order valence-corrected chi connectivity index (χ4v) is 2.06. The van der Waals surface area contributed by atoms with Crippen LogP contribution < -0.4 is 16.3 Å². The van der Waals surface area contributed by atoms with Gasteiger partial charge in [0.05, 0.1) is 11.0 Å². The van der Waals surface area contributed by atoms with E-state index in [0.717, 1.165) is 30.5 Å². The van der Waals surface area contributed by atoms with E-state index in [1.807, 2.05) is 24.3 Å². The molecule has 3 N–H and O–H groups in total. The third-order valence-corrected chi connectivity index (χ3v) is 3.03. The summed E-state index contributed by atoms with van der Waals surface area (Å²) in [4.78, 5) is 26.4. The van der Waals surface area contributed by atoms with Crippen LogP contribution in [0, 0.1) is 0 Å². The molecule has 1 aromatic carbocycles. The summed E-state index contributed by atoms with van der Waals surface area (Å²) < 4.78 is 1.45. The highest BCUT2D eigenvalue weighted by molar-refractivity contribution is 5.85. The molecule has 0 unspecified atom stereocenters. The molecule has 21 heavy (non-hydrogen) atoms. The number of halogens is 1. The Kier molecular flexibility index (Phi) is 6.98. The van der Waals surface area contributed by atoms with Crippen molar-refractivity contribution in [3.63, 3.8) is 0 Å². The maximum atomic E-state index is 11.8. The Morgan fingerprint density at radius 1 is 1.24 bits per heavy atom. The predicted molar refractivity (Wildman–Crippen MR) is 86.0 cm³/mol. The van der Waals surface area contributed by atoms with Crippen molar-refractivity contribution in [2.75, 3.05) is 19.6 Å². The van der Waals surface area contributed by atoms with Crippen molar-refractivity contribution in [2.24, 2.45) is 0 Å². The van der Waals surface area contributed by atoms with Crippen molar-refractivity contribution in [2.45, 2.75) is 19.9 Å². The molecule has 0 aliphatic carbocycles. The Labute approximate surface area is 129 Å². The molecule has 0 atom stereocenters.